The Kier molecular flexibility index (Phi) is 11.6. The van der Waals surface area contributed by atoms with Crippen molar-refractivity contribution in [2.75, 3.05) is 13.2 Å². The van der Waals surface area contributed by atoms with Gasteiger partial charge in [0.25, 0.3) is 0 Å². The van der Waals surface area contributed by atoms with Crippen molar-refractivity contribution < 1.29 is 19.1 Å². The molecule has 26 heavy (non-hydrogen) atoms. The normalized spacial score (nSPS) is 15.2. The number of hydrogen-bond acceptors (Lipinski definition) is 4. The molecule has 0 radical (unpaired) electrons. The number of unbranched alkanes of at least 4 members (excludes halogenated alkanes) is 8. The SMILES string of the molecule is C#CCOC(=O)NC1(C(=O)OCCCCCCCCCCC)CCCC1. The number of rotatable bonds is 13. The zero-order valence-corrected chi connectivity index (χ0v) is 16.3. The zero-order valence-electron chi connectivity index (χ0n) is 16.3. The molecule has 1 rings (SSSR count). The Morgan fingerprint density at radius 2 is 1.54 bits per heavy atom. The van der Waals surface area contributed by atoms with Gasteiger partial charge in [-0.2, -0.15) is 0 Å². The van der Waals surface area contributed by atoms with E-state index in [0.717, 1.165) is 25.7 Å². The first kappa shape index (κ1) is 22.3. The Bertz CT molecular complexity index is 449. The summed E-state index contributed by atoms with van der Waals surface area (Å²) >= 11 is 0. The molecule has 0 aliphatic heterocycles. The molecule has 0 aromatic heterocycles. The van der Waals surface area contributed by atoms with Crippen LogP contribution in [0, 0.1) is 12.3 Å². The third kappa shape index (κ3) is 8.60. The Labute approximate surface area is 158 Å². The summed E-state index contributed by atoms with van der Waals surface area (Å²) < 4.78 is 10.3. The topological polar surface area (TPSA) is 64.6 Å². The molecule has 5 nitrogen and oxygen atoms in total. The molecular formula is C21H35NO4. The minimum Gasteiger partial charge on any atom is -0.464 e. The van der Waals surface area contributed by atoms with Crippen molar-refractivity contribution >= 4 is 12.1 Å². The maximum atomic E-state index is 12.5. The van der Waals surface area contributed by atoms with Crippen molar-refractivity contribution in [2.24, 2.45) is 0 Å². The second-order valence-corrected chi connectivity index (χ2v) is 7.16. The Balaban J connectivity index is 2.19. The molecule has 1 saturated carbocycles. The second kappa shape index (κ2) is 13.5. The highest BCUT2D eigenvalue weighted by molar-refractivity contribution is 5.86. The van der Waals surface area contributed by atoms with Crippen LogP contribution in [0.2, 0.25) is 0 Å². The van der Waals surface area contributed by atoms with Gasteiger partial charge >= 0.3 is 12.1 Å². The van der Waals surface area contributed by atoms with E-state index in [1.807, 2.05) is 0 Å². The molecule has 0 atom stereocenters. The molecule has 1 N–H and O–H groups in total. The number of terminal acetylenes is 1. The first-order chi connectivity index (χ1) is 12.6. The first-order valence-electron chi connectivity index (χ1n) is 10.2. The van der Waals surface area contributed by atoms with Crippen molar-refractivity contribution in [3.63, 3.8) is 0 Å². The van der Waals surface area contributed by atoms with E-state index in [4.69, 9.17) is 15.9 Å². The number of ether oxygens (including phenoxy) is 2. The van der Waals surface area contributed by atoms with E-state index >= 15 is 0 Å². The molecule has 1 fully saturated rings. The molecule has 0 heterocycles. The summed E-state index contributed by atoms with van der Waals surface area (Å²) in [6, 6.07) is 0. The number of carbonyl (C=O) groups excluding carboxylic acids is 2. The molecular weight excluding hydrogens is 330 g/mol. The predicted molar refractivity (Wildman–Crippen MR) is 103 cm³/mol. The van der Waals surface area contributed by atoms with Crippen LogP contribution in [0.3, 0.4) is 0 Å². The van der Waals surface area contributed by atoms with E-state index in [9.17, 15) is 9.59 Å². The fraction of sp³-hybridized carbons (Fsp3) is 0.810. The highest BCUT2D eigenvalue weighted by atomic mass is 16.6. The molecule has 0 aromatic rings. The minimum atomic E-state index is -0.940. The molecule has 1 aliphatic rings. The average molecular weight is 366 g/mol. The van der Waals surface area contributed by atoms with Gasteiger partial charge in [0.15, 0.2) is 6.61 Å². The fourth-order valence-corrected chi connectivity index (χ4v) is 3.41. The van der Waals surface area contributed by atoms with E-state index in [1.165, 1.54) is 44.9 Å². The Hall–Kier alpha value is -1.70. The van der Waals surface area contributed by atoms with Crippen molar-refractivity contribution in [1.29, 1.82) is 0 Å². The van der Waals surface area contributed by atoms with Crippen LogP contribution in [0.25, 0.3) is 0 Å². The van der Waals surface area contributed by atoms with Crippen LogP contribution in [0.1, 0.15) is 90.4 Å². The molecule has 0 spiro atoms. The molecule has 0 bridgehead atoms. The molecule has 0 saturated heterocycles. The number of nitrogens with one attached hydrogen (secondary N) is 1. The van der Waals surface area contributed by atoms with Gasteiger partial charge in [-0.15, -0.1) is 6.42 Å². The fourth-order valence-electron chi connectivity index (χ4n) is 3.41. The average Bonchev–Trinajstić information content (AvgIpc) is 3.11. The third-order valence-corrected chi connectivity index (χ3v) is 4.96. The summed E-state index contributed by atoms with van der Waals surface area (Å²) in [5.41, 5.74) is -0.940. The standard InChI is InChI=1S/C21H35NO4/c1-3-5-6-7-8-9-10-11-14-18-25-19(23)21(15-12-13-16-21)22-20(24)26-17-4-2/h2H,3,5-18H2,1H3,(H,22,24). The lowest BCUT2D eigenvalue weighted by molar-refractivity contribution is -0.151. The van der Waals surface area contributed by atoms with Gasteiger partial charge in [0.2, 0.25) is 0 Å². The van der Waals surface area contributed by atoms with E-state index in [2.05, 4.69) is 18.2 Å². The highest BCUT2D eigenvalue weighted by Gasteiger charge is 2.44. The lowest BCUT2D eigenvalue weighted by Gasteiger charge is -2.27. The molecule has 5 heteroatoms. The van der Waals surface area contributed by atoms with E-state index < -0.39 is 11.6 Å². The Morgan fingerprint density at radius 1 is 0.962 bits per heavy atom. The van der Waals surface area contributed by atoms with Crippen molar-refractivity contribution in [3.05, 3.63) is 0 Å². The summed E-state index contributed by atoms with van der Waals surface area (Å²) in [5.74, 6) is 1.90. The summed E-state index contributed by atoms with van der Waals surface area (Å²) in [5, 5.41) is 2.68. The summed E-state index contributed by atoms with van der Waals surface area (Å²) in [4.78, 5) is 24.3. The third-order valence-electron chi connectivity index (χ3n) is 4.96. The summed E-state index contributed by atoms with van der Waals surface area (Å²) in [6.45, 7) is 2.54. The van der Waals surface area contributed by atoms with Gasteiger partial charge in [-0.05, 0) is 19.3 Å². The van der Waals surface area contributed by atoms with Gasteiger partial charge in [-0.1, -0.05) is 77.1 Å². The monoisotopic (exact) mass is 365 g/mol. The molecule has 1 aliphatic carbocycles. The predicted octanol–water partition coefficient (Wildman–Crippen LogP) is 4.73. The second-order valence-electron chi connectivity index (χ2n) is 7.16. The van der Waals surface area contributed by atoms with E-state index in [-0.39, 0.29) is 12.6 Å². The number of amides is 1. The molecule has 148 valence electrons. The molecule has 0 unspecified atom stereocenters. The number of alkyl carbamates (subject to hydrolysis) is 1. The number of esters is 1. The zero-order chi connectivity index (χ0) is 19.1. The first-order valence-corrected chi connectivity index (χ1v) is 10.2. The molecule has 1 amide bonds. The van der Waals surface area contributed by atoms with Crippen LogP contribution in [0.5, 0.6) is 0 Å². The number of hydrogen-bond donors (Lipinski definition) is 1. The summed E-state index contributed by atoms with van der Waals surface area (Å²) in [7, 11) is 0. The van der Waals surface area contributed by atoms with Gasteiger partial charge in [0.05, 0.1) is 6.61 Å². The lowest BCUT2D eigenvalue weighted by Crippen LogP contribution is -2.53. The van der Waals surface area contributed by atoms with Crippen LogP contribution in [0.4, 0.5) is 4.79 Å². The maximum Gasteiger partial charge on any atom is 0.409 e. The largest absolute Gasteiger partial charge is 0.464 e. The van der Waals surface area contributed by atoms with E-state index in [0.29, 0.717) is 19.4 Å². The number of carbonyl (C=O) groups is 2. The Morgan fingerprint density at radius 3 is 2.12 bits per heavy atom. The lowest BCUT2D eigenvalue weighted by atomic mass is 9.98. The van der Waals surface area contributed by atoms with Gasteiger partial charge < -0.3 is 14.8 Å². The highest BCUT2D eigenvalue weighted by Crippen LogP contribution is 2.31. The quantitative estimate of drug-likeness (QED) is 0.291. The van der Waals surface area contributed by atoms with Gasteiger partial charge in [-0.3, -0.25) is 0 Å². The van der Waals surface area contributed by atoms with Gasteiger partial charge in [-0.25, -0.2) is 9.59 Å². The van der Waals surface area contributed by atoms with Crippen molar-refractivity contribution in [2.45, 2.75) is 95.9 Å². The van der Waals surface area contributed by atoms with Crippen LogP contribution >= 0.6 is 0 Å². The van der Waals surface area contributed by atoms with Crippen LogP contribution in [0.15, 0.2) is 0 Å². The van der Waals surface area contributed by atoms with E-state index in [1.54, 1.807) is 0 Å². The smallest absolute Gasteiger partial charge is 0.409 e. The molecule has 0 aromatic carbocycles. The van der Waals surface area contributed by atoms with Crippen LogP contribution in [-0.4, -0.2) is 30.8 Å². The summed E-state index contributed by atoms with van der Waals surface area (Å²) in [6.07, 6.45) is 18.4. The van der Waals surface area contributed by atoms with Gasteiger partial charge in [0, 0.05) is 0 Å². The van der Waals surface area contributed by atoms with Crippen LogP contribution in [-0.2, 0) is 14.3 Å². The van der Waals surface area contributed by atoms with Gasteiger partial charge in [0.1, 0.15) is 5.54 Å². The minimum absolute atomic E-state index is 0.102. The van der Waals surface area contributed by atoms with Crippen molar-refractivity contribution in [1.82, 2.24) is 5.32 Å². The maximum absolute atomic E-state index is 12.5. The van der Waals surface area contributed by atoms with Crippen LogP contribution < -0.4 is 5.32 Å². The van der Waals surface area contributed by atoms with Crippen molar-refractivity contribution in [3.8, 4) is 12.3 Å².